The molecule has 0 fully saturated rings. The molecule has 0 rings (SSSR count). The number of carbonyl (C=O) groups excluding carboxylic acids is 1. The number of carbonyl (C=O) groups is 1. The number of aliphatic hydroxyl groups excluding tert-OH is 1. The molecule has 0 aliphatic heterocycles. The largest absolute Gasteiger partial charge is 0.469 e. The predicted octanol–water partition coefficient (Wildman–Crippen LogP) is 5.17. The van der Waals surface area contributed by atoms with Crippen molar-refractivity contribution in [1.82, 2.24) is 0 Å². The van der Waals surface area contributed by atoms with E-state index < -0.39 is 0 Å². The van der Waals surface area contributed by atoms with Gasteiger partial charge in [0.1, 0.15) is 0 Å². The van der Waals surface area contributed by atoms with Crippen LogP contribution in [0, 0.1) is 0 Å². The molecule has 1 N–H and O–H groups in total. The number of unbranched alkanes of at least 4 members (excludes halogenated alkanes) is 7. The average molecular weight is 312 g/mol. The molecule has 0 aromatic heterocycles. The highest BCUT2D eigenvalue weighted by atomic mass is 16.5. The van der Waals surface area contributed by atoms with Gasteiger partial charge in [0.25, 0.3) is 0 Å². The quantitative estimate of drug-likeness (QED) is 0.258. The highest BCUT2D eigenvalue weighted by molar-refractivity contribution is 5.68. The van der Waals surface area contributed by atoms with Gasteiger partial charge < -0.3 is 9.84 Å². The van der Waals surface area contributed by atoms with E-state index in [9.17, 15) is 9.90 Å². The maximum absolute atomic E-state index is 10.9. The summed E-state index contributed by atoms with van der Waals surface area (Å²) in [7, 11) is 1.42. The van der Waals surface area contributed by atoms with E-state index in [1.54, 1.807) is 0 Å². The predicted molar refractivity (Wildman–Crippen MR) is 92.9 cm³/mol. The number of hydrogen-bond donors (Lipinski definition) is 1. The third-order valence-corrected chi connectivity index (χ3v) is 3.95. The molecule has 0 aromatic carbocycles. The van der Waals surface area contributed by atoms with Crippen LogP contribution in [0.3, 0.4) is 0 Å². The number of rotatable bonds is 15. The fourth-order valence-corrected chi connectivity index (χ4v) is 2.47. The Kier molecular flexibility index (Phi) is 15.9. The van der Waals surface area contributed by atoms with Crippen LogP contribution in [-0.4, -0.2) is 24.3 Å². The molecule has 22 heavy (non-hydrogen) atoms. The molecule has 0 aliphatic rings. The normalized spacial score (nSPS) is 12.7. The Bertz CT molecular complexity index is 274. The minimum atomic E-state index is -0.157. The zero-order chi connectivity index (χ0) is 16.5. The lowest BCUT2D eigenvalue weighted by Crippen LogP contribution is -2.05. The smallest absolute Gasteiger partial charge is 0.305 e. The summed E-state index contributed by atoms with van der Waals surface area (Å²) in [6, 6.07) is 0. The minimum Gasteiger partial charge on any atom is -0.469 e. The van der Waals surface area contributed by atoms with Gasteiger partial charge in [-0.05, 0) is 32.1 Å². The van der Waals surface area contributed by atoms with Crippen LogP contribution < -0.4 is 0 Å². The molecule has 0 heterocycles. The van der Waals surface area contributed by atoms with Crippen LogP contribution in [0.2, 0.25) is 0 Å². The zero-order valence-electron chi connectivity index (χ0n) is 14.7. The van der Waals surface area contributed by atoms with Gasteiger partial charge in [0, 0.05) is 6.42 Å². The molecule has 0 saturated heterocycles. The monoisotopic (exact) mass is 312 g/mol. The van der Waals surface area contributed by atoms with Crippen molar-refractivity contribution in [3.05, 3.63) is 12.2 Å². The Morgan fingerprint density at radius 3 is 2.27 bits per heavy atom. The lowest BCUT2D eigenvalue weighted by molar-refractivity contribution is -0.140. The van der Waals surface area contributed by atoms with Crippen molar-refractivity contribution in [2.24, 2.45) is 0 Å². The summed E-state index contributed by atoms with van der Waals surface area (Å²) in [5, 5.41) is 9.90. The lowest BCUT2D eigenvalue weighted by atomic mass is 10.0. The molecule has 0 saturated carbocycles. The van der Waals surface area contributed by atoms with Crippen molar-refractivity contribution >= 4 is 5.97 Å². The summed E-state index contributed by atoms with van der Waals surface area (Å²) in [5.74, 6) is -0.140. The Morgan fingerprint density at radius 2 is 1.59 bits per heavy atom. The average Bonchev–Trinajstić information content (AvgIpc) is 2.52. The molecule has 0 aliphatic carbocycles. The summed E-state index contributed by atoms with van der Waals surface area (Å²) >= 11 is 0. The molecule has 0 aromatic rings. The van der Waals surface area contributed by atoms with E-state index >= 15 is 0 Å². The van der Waals surface area contributed by atoms with Crippen LogP contribution in [0.4, 0.5) is 0 Å². The SMILES string of the molecule is CCCCCCCCCC(O)CC/C=C\CCCC(=O)OC. The number of methoxy groups -OCH3 is 1. The van der Waals surface area contributed by atoms with Crippen molar-refractivity contribution in [2.45, 2.75) is 96.5 Å². The van der Waals surface area contributed by atoms with Crippen molar-refractivity contribution < 1.29 is 14.6 Å². The van der Waals surface area contributed by atoms with Gasteiger partial charge in [0.05, 0.1) is 13.2 Å². The van der Waals surface area contributed by atoms with E-state index in [1.807, 2.05) is 0 Å². The standard InChI is InChI=1S/C19H36O3/c1-3-4-5-6-7-9-12-15-18(20)16-13-10-8-11-14-17-19(21)22-2/h8,10,18,20H,3-7,9,11-17H2,1-2H3/b10-8-. The summed E-state index contributed by atoms with van der Waals surface area (Å²) in [6.07, 6.45) is 18.1. The van der Waals surface area contributed by atoms with Gasteiger partial charge in [0.2, 0.25) is 0 Å². The molecular formula is C19H36O3. The summed E-state index contributed by atoms with van der Waals surface area (Å²) in [5.41, 5.74) is 0. The molecule has 3 heteroatoms. The van der Waals surface area contributed by atoms with E-state index in [4.69, 9.17) is 0 Å². The number of hydrogen-bond acceptors (Lipinski definition) is 3. The Morgan fingerprint density at radius 1 is 0.955 bits per heavy atom. The van der Waals surface area contributed by atoms with Gasteiger partial charge in [-0.1, -0.05) is 64.0 Å². The first kappa shape index (κ1) is 21.2. The second-order valence-electron chi connectivity index (χ2n) is 6.08. The summed E-state index contributed by atoms with van der Waals surface area (Å²) in [4.78, 5) is 10.9. The van der Waals surface area contributed by atoms with Crippen molar-refractivity contribution in [2.75, 3.05) is 7.11 Å². The van der Waals surface area contributed by atoms with E-state index in [0.29, 0.717) is 6.42 Å². The van der Waals surface area contributed by atoms with Crippen LogP contribution in [0.1, 0.15) is 90.4 Å². The number of ether oxygens (including phenoxy) is 1. The Hall–Kier alpha value is -0.830. The van der Waals surface area contributed by atoms with E-state index in [2.05, 4.69) is 23.8 Å². The molecule has 3 nitrogen and oxygen atoms in total. The first-order valence-electron chi connectivity index (χ1n) is 9.10. The molecule has 0 bridgehead atoms. The van der Waals surface area contributed by atoms with Crippen molar-refractivity contribution in [3.63, 3.8) is 0 Å². The number of esters is 1. The van der Waals surface area contributed by atoms with Crippen molar-refractivity contribution in [3.8, 4) is 0 Å². The molecule has 1 atom stereocenters. The maximum atomic E-state index is 10.9. The van der Waals surface area contributed by atoms with Crippen molar-refractivity contribution in [1.29, 1.82) is 0 Å². The third-order valence-electron chi connectivity index (χ3n) is 3.95. The van der Waals surface area contributed by atoms with Crippen LogP contribution in [0.25, 0.3) is 0 Å². The highest BCUT2D eigenvalue weighted by Gasteiger charge is 2.02. The van der Waals surface area contributed by atoms with Gasteiger partial charge in [0.15, 0.2) is 0 Å². The van der Waals surface area contributed by atoms with E-state index in [0.717, 1.165) is 38.5 Å². The molecule has 1 unspecified atom stereocenters. The van der Waals surface area contributed by atoms with Crippen LogP contribution in [0.5, 0.6) is 0 Å². The highest BCUT2D eigenvalue weighted by Crippen LogP contribution is 2.12. The molecule has 0 amide bonds. The first-order chi connectivity index (χ1) is 10.7. The first-order valence-corrected chi connectivity index (χ1v) is 9.10. The minimum absolute atomic E-state index is 0.140. The van der Waals surface area contributed by atoms with Crippen LogP contribution in [-0.2, 0) is 9.53 Å². The molecule has 130 valence electrons. The second-order valence-corrected chi connectivity index (χ2v) is 6.08. The fraction of sp³-hybridized carbons (Fsp3) is 0.842. The molecular weight excluding hydrogens is 276 g/mol. The molecule has 0 spiro atoms. The second kappa shape index (κ2) is 16.5. The Labute approximate surface area is 137 Å². The van der Waals surface area contributed by atoms with Crippen LogP contribution >= 0.6 is 0 Å². The number of allylic oxidation sites excluding steroid dienone is 2. The van der Waals surface area contributed by atoms with Gasteiger partial charge in [-0.2, -0.15) is 0 Å². The Balaban J connectivity index is 3.31. The third kappa shape index (κ3) is 15.6. The summed E-state index contributed by atoms with van der Waals surface area (Å²) < 4.78 is 4.59. The summed E-state index contributed by atoms with van der Waals surface area (Å²) in [6.45, 7) is 2.24. The van der Waals surface area contributed by atoms with E-state index in [-0.39, 0.29) is 12.1 Å². The van der Waals surface area contributed by atoms with Crippen LogP contribution in [0.15, 0.2) is 12.2 Å². The van der Waals surface area contributed by atoms with Gasteiger partial charge in [-0.15, -0.1) is 0 Å². The van der Waals surface area contributed by atoms with E-state index in [1.165, 1.54) is 45.6 Å². The molecule has 0 radical (unpaired) electrons. The zero-order valence-corrected chi connectivity index (χ0v) is 14.7. The number of aliphatic hydroxyl groups is 1. The van der Waals surface area contributed by atoms with Gasteiger partial charge in [-0.25, -0.2) is 0 Å². The fourth-order valence-electron chi connectivity index (χ4n) is 2.47. The van der Waals surface area contributed by atoms with Gasteiger partial charge in [-0.3, -0.25) is 4.79 Å². The topological polar surface area (TPSA) is 46.5 Å². The maximum Gasteiger partial charge on any atom is 0.305 e. The lowest BCUT2D eigenvalue weighted by Gasteiger charge is -2.08. The van der Waals surface area contributed by atoms with Gasteiger partial charge >= 0.3 is 5.97 Å².